The number of anilines is 6. The highest BCUT2D eigenvalue weighted by atomic mass is 16.5. The maximum Gasteiger partial charge on any atom is 0.119 e. The quantitative estimate of drug-likeness (QED) is 0.118. The van der Waals surface area contributed by atoms with Crippen molar-refractivity contribution in [3.8, 4) is 11.5 Å². The molecule has 0 radical (unpaired) electrons. The molecule has 0 amide bonds. The molecule has 0 saturated carbocycles. The highest BCUT2D eigenvalue weighted by Crippen LogP contribution is 2.37. The second kappa shape index (κ2) is 16.7. The Labute approximate surface area is 319 Å². The van der Waals surface area contributed by atoms with Gasteiger partial charge in [-0.25, -0.2) is 0 Å². The third kappa shape index (κ3) is 8.63. The van der Waals surface area contributed by atoms with Crippen molar-refractivity contribution in [1.82, 2.24) is 0 Å². The molecule has 0 atom stereocenters. The van der Waals surface area contributed by atoms with E-state index in [1.807, 2.05) is 24.3 Å². The zero-order valence-corrected chi connectivity index (χ0v) is 31.2. The molecule has 7 aromatic carbocycles. The Morgan fingerprint density at radius 2 is 0.500 bits per heavy atom. The first-order chi connectivity index (χ1) is 26.4. The first kappa shape index (κ1) is 35.6. The Bertz CT molecular complexity index is 2140. The van der Waals surface area contributed by atoms with Crippen molar-refractivity contribution in [3.63, 3.8) is 0 Å². The Kier molecular flexibility index (Phi) is 11.0. The van der Waals surface area contributed by atoms with E-state index in [0.29, 0.717) is 0 Å². The number of nitrogens with zero attached hydrogens (tertiary/aromatic N) is 2. The molecule has 0 saturated heterocycles. The number of benzene rings is 7. The van der Waals surface area contributed by atoms with Crippen molar-refractivity contribution in [1.29, 1.82) is 0 Å². The van der Waals surface area contributed by atoms with Crippen LogP contribution < -0.4 is 19.3 Å². The van der Waals surface area contributed by atoms with E-state index in [2.05, 4.69) is 194 Å². The van der Waals surface area contributed by atoms with Gasteiger partial charge < -0.3 is 19.3 Å². The van der Waals surface area contributed by atoms with Crippen LogP contribution in [0.5, 0.6) is 11.5 Å². The lowest BCUT2D eigenvalue weighted by atomic mass is 10.1. The van der Waals surface area contributed by atoms with E-state index >= 15 is 0 Å². The first-order valence-electron chi connectivity index (χ1n) is 18.1. The monoisotopic (exact) mass is 704 g/mol. The Balaban J connectivity index is 1.02. The summed E-state index contributed by atoms with van der Waals surface area (Å²) in [4.78, 5) is 4.52. The maximum absolute atomic E-state index is 5.40. The maximum atomic E-state index is 5.40. The molecule has 7 aromatic rings. The summed E-state index contributed by atoms with van der Waals surface area (Å²) in [6.45, 7) is 4.22. The van der Waals surface area contributed by atoms with E-state index in [9.17, 15) is 0 Å². The normalized spacial score (nSPS) is 11.2. The third-order valence-corrected chi connectivity index (χ3v) is 9.42. The van der Waals surface area contributed by atoms with Gasteiger partial charge in [-0.05, 0) is 133 Å². The van der Waals surface area contributed by atoms with Gasteiger partial charge in [-0.2, -0.15) is 0 Å². The Hall–Kier alpha value is -6.78. The zero-order valence-electron chi connectivity index (χ0n) is 31.2. The number of hydrogen-bond acceptors (Lipinski definition) is 4. The summed E-state index contributed by atoms with van der Waals surface area (Å²) in [5.74, 6) is 1.68. The molecule has 54 heavy (non-hydrogen) atoms. The molecule has 0 N–H and O–H groups in total. The summed E-state index contributed by atoms with van der Waals surface area (Å²) in [5.41, 5.74) is 13.6. The molecular weight excluding hydrogens is 661 g/mol. The largest absolute Gasteiger partial charge is 0.497 e. The van der Waals surface area contributed by atoms with Crippen LogP contribution in [0.25, 0.3) is 24.3 Å². The molecule has 0 aromatic heterocycles. The predicted molar refractivity (Wildman–Crippen MR) is 229 cm³/mol. The number of methoxy groups -OCH3 is 2. The average molecular weight is 705 g/mol. The lowest BCUT2D eigenvalue weighted by Gasteiger charge is -2.26. The van der Waals surface area contributed by atoms with Crippen LogP contribution in [0.1, 0.15) is 33.4 Å². The molecule has 0 aliphatic carbocycles. The topological polar surface area (TPSA) is 24.9 Å². The molecular formula is C50H44N2O2. The standard InChI is InChI=1S/C50H44N2O2/c1-37-5-21-43(22-6-37)51(47-29-33-49(53-3)34-30-47)45-25-17-41(18-26-45)15-13-39-9-11-40(12-10-39)14-16-42-19-27-46(28-20-42)52(44-23-7-38(2)8-24-44)48-31-35-50(54-4)36-32-48/h5-36H,1-4H3/b15-13+,16-14+. The molecule has 0 bridgehead atoms. The average Bonchev–Trinajstić information content (AvgIpc) is 3.23. The molecule has 266 valence electrons. The minimum Gasteiger partial charge on any atom is -0.497 e. The first-order valence-corrected chi connectivity index (χ1v) is 18.1. The molecule has 0 aliphatic heterocycles. The smallest absolute Gasteiger partial charge is 0.119 e. The molecule has 4 nitrogen and oxygen atoms in total. The van der Waals surface area contributed by atoms with Crippen LogP contribution >= 0.6 is 0 Å². The minimum absolute atomic E-state index is 0.838. The third-order valence-electron chi connectivity index (χ3n) is 9.42. The number of hydrogen-bond donors (Lipinski definition) is 0. The van der Waals surface area contributed by atoms with Crippen molar-refractivity contribution >= 4 is 58.4 Å². The second-order valence-corrected chi connectivity index (χ2v) is 13.3. The van der Waals surface area contributed by atoms with Crippen LogP contribution in [0.3, 0.4) is 0 Å². The molecule has 0 heterocycles. The highest BCUT2D eigenvalue weighted by molar-refractivity contribution is 5.80. The SMILES string of the molecule is COc1ccc(N(c2ccc(C)cc2)c2ccc(/C=C/c3ccc(/C=C/c4ccc(N(c5ccc(C)cc5)c5ccc(OC)cc5)cc4)cc3)cc2)cc1. The van der Waals surface area contributed by atoms with Crippen molar-refractivity contribution in [2.24, 2.45) is 0 Å². The second-order valence-electron chi connectivity index (χ2n) is 13.3. The van der Waals surface area contributed by atoms with E-state index < -0.39 is 0 Å². The van der Waals surface area contributed by atoms with Crippen LogP contribution in [-0.2, 0) is 0 Å². The van der Waals surface area contributed by atoms with Crippen molar-refractivity contribution in [2.45, 2.75) is 13.8 Å². The summed E-state index contributed by atoms with van der Waals surface area (Å²) in [6.07, 6.45) is 8.63. The Morgan fingerprint density at radius 3 is 0.741 bits per heavy atom. The highest BCUT2D eigenvalue weighted by Gasteiger charge is 2.14. The lowest BCUT2D eigenvalue weighted by molar-refractivity contribution is 0.414. The van der Waals surface area contributed by atoms with Gasteiger partial charge in [0.25, 0.3) is 0 Å². The summed E-state index contributed by atoms with van der Waals surface area (Å²) >= 11 is 0. The number of aryl methyl sites for hydroxylation is 2. The minimum atomic E-state index is 0.838. The van der Waals surface area contributed by atoms with Gasteiger partial charge in [0.2, 0.25) is 0 Å². The van der Waals surface area contributed by atoms with Crippen LogP contribution in [0.15, 0.2) is 170 Å². The van der Waals surface area contributed by atoms with Gasteiger partial charge in [-0.3, -0.25) is 0 Å². The van der Waals surface area contributed by atoms with E-state index in [1.165, 1.54) is 11.1 Å². The summed E-state index contributed by atoms with van der Waals surface area (Å²) < 4.78 is 10.8. The zero-order chi connectivity index (χ0) is 37.3. The molecule has 0 spiro atoms. The van der Waals surface area contributed by atoms with Gasteiger partial charge >= 0.3 is 0 Å². The van der Waals surface area contributed by atoms with E-state index in [0.717, 1.165) is 67.9 Å². The predicted octanol–water partition coefficient (Wildman–Crippen LogP) is 13.6. The van der Waals surface area contributed by atoms with Gasteiger partial charge in [0.05, 0.1) is 14.2 Å². The van der Waals surface area contributed by atoms with Crippen LogP contribution in [-0.4, -0.2) is 14.2 Å². The van der Waals surface area contributed by atoms with Crippen molar-refractivity contribution in [3.05, 3.63) is 203 Å². The number of rotatable bonds is 12. The molecule has 0 aliphatic rings. The molecule has 7 rings (SSSR count). The van der Waals surface area contributed by atoms with Gasteiger partial charge in [-0.1, -0.05) is 108 Å². The fourth-order valence-corrected chi connectivity index (χ4v) is 6.32. The van der Waals surface area contributed by atoms with Gasteiger partial charge in [0.1, 0.15) is 11.5 Å². The Morgan fingerprint density at radius 1 is 0.296 bits per heavy atom. The molecule has 0 fully saturated rings. The summed E-state index contributed by atoms with van der Waals surface area (Å²) in [7, 11) is 3.38. The fraction of sp³-hybridized carbons (Fsp3) is 0.0800. The summed E-state index contributed by atoms with van der Waals surface area (Å²) in [5, 5.41) is 0. The van der Waals surface area contributed by atoms with Gasteiger partial charge in [-0.15, -0.1) is 0 Å². The van der Waals surface area contributed by atoms with E-state index in [-0.39, 0.29) is 0 Å². The van der Waals surface area contributed by atoms with E-state index in [4.69, 9.17) is 9.47 Å². The van der Waals surface area contributed by atoms with E-state index in [1.54, 1.807) is 14.2 Å². The van der Waals surface area contributed by atoms with Crippen molar-refractivity contribution in [2.75, 3.05) is 24.0 Å². The summed E-state index contributed by atoms with van der Waals surface area (Å²) in [6, 6.07) is 59.5. The van der Waals surface area contributed by atoms with Crippen molar-refractivity contribution < 1.29 is 9.47 Å². The van der Waals surface area contributed by atoms with Crippen LogP contribution in [0.4, 0.5) is 34.1 Å². The molecule has 0 unspecified atom stereocenters. The van der Waals surface area contributed by atoms with Gasteiger partial charge in [0.15, 0.2) is 0 Å². The lowest BCUT2D eigenvalue weighted by Crippen LogP contribution is -2.09. The van der Waals surface area contributed by atoms with Crippen LogP contribution in [0, 0.1) is 13.8 Å². The fourth-order valence-electron chi connectivity index (χ4n) is 6.32. The molecule has 4 heteroatoms. The van der Waals surface area contributed by atoms with Crippen LogP contribution in [0.2, 0.25) is 0 Å². The number of ether oxygens (including phenoxy) is 2. The van der Waals surface area contributed by atoms with Gasteiger partial charge in [0, 0.05) is 34.1 Å².